The van der Waals surface area contributed by atoms with Crippen molar-refractivity contribution in [2.45, 2.75) is 12.1 Å². The number of nitrogen functional groups attached to an aromatic ring is 1. The summed E-state index contributed by atoms with van der Waals surface area (Å²) in [5.74, 6) is -2.95. The molecule has 1 aromatic heterocycles. The van der Waals surface area contributed by atoms with Crippen molar-refractivity contribution >= 4 is 50.3 Å². The number of carbonyl (C=O) groups is 3. The van der Waals surface area contributed by atoms with Gasteiger partial charge in [0.05, 0.1) is 5.56 Å². The van der Waals surface area contributed by atoms with Crippen LogP contribution in [0.2, 0.25) is 0 Å². The van der Waals surface area contributed by atoms with Crippen molar-refractivity contribution in [1.29, 1.82) is 0 Å². The second kappa shape index (κ2) is 11.0. The molecule has 1 fully saturated rings. The fourth-order valence-corrected chi connectivity index (χ4v) is 4.23. The van der Waals surface area contributed by atoms with Gasteiger partial charge in [0.25, 0.3) is 11.8 Å². The van der Waals surface area contributed by atoms with Gasteiger partial charge in [-0.1, -0.05) is 23.4 Å². The summed E-state index contributed by atoms with van der Waals surface area (Å²) in [7, 11) is -4.04. The number of anilines is 1. The molecule has 16 heteroatoms. The summed E-state index contributed by atoms with van der Waals surface area (Å²) in [4.78, 5) is 45.6. The molecular weight excluding hydrogens is 489 g/mol. The Bertz CT molecular complexity index is 1170. The van der Waals surface area contributed by atoms with E-state index in [0.717, 1.165) is 11.3 Å². The molecule has 33 heavy (non-hydrogen) atoms. The number of hydrogen-bond donors (Lipinski definition) is 2. The van der Waals surface area contributed by atoms with Gasteiger partial charge >= 0.3 is 35.5 Å². The molecule has 2 aromatic rings. The molecule has 2 atom stereocenters. The first kappa shape index (κ1) is 26.7. The Morgan fingerprint density at radius 1 is 1.33 bits per heavy atom. The van der Waals surface area contributed by atoms with E-state index in [4.69, 9.17) is 10.5 Å². The molecule has 0 bridgehead atoms. The first-order chi connectivity index (χ1) is 15.1. The van der Waals surface area contributed by atoms with Crippen LogP contribution in [-0.4, -0.2) is 71.6 Å². The molecule has 13 nitrogen and oxygen atoms in total. The Morgan fingerprint density at radius 2 is 2.00 bits per heavy atom. The Balaban J connectivity index is 0.00000385. The Hall–Kier alpha value is -2.56. The van der Waals surface area contributed by atoms with Crippen LogP contribution in [-0.2, 0) is 29.5 Å². The second-order valence-electron chi connectivity index (χ2n) is 6.27. The summed E-state index contributed by atoms with van der Waals surface area (Å²) < 4.78 is 39.5. The van der Waals surface area contributed by atoms with Crippen molar-refractivity contribution in [3.8, 4) is 0 Å². The van der Waals surface area contributed by atoms with Gasteiger partial charge in [-0.15, -0.1) is 11.3 Å². The largest absolute Gasteiger partial charge is 1.00 e. The maximum Gasteiger partial charge on any atom is 1.00 e. The zero-order chi connectivity index (χ0) is 23.5. The number of nitrogens with two attached hydrogens (primary N) is 1. The van der Waals surface area contributed by atoms with Gasteiger partial charge in [-0.2, -0.15) is 0 Å². The molecule has 1 saturated heterocycles. The van der Waals surface area contributed by atoms with E-state index >= 15 is 0 Å². The van der Waals surface area contributed by atoms with Crippen LogP contribution in [0, 0.1) is 0 Å². The van der Waals surface area contributed by atoms with Crippen LogP contribution in [0.4, 0.5) is 5.13 Å². The summed E-state index contributed by atoms with van der Waals surface area (Å²) in [6.45, 7) is -0.660. The maximum atomic E-state index is 12.6. The molecule has 170 valence electrons. The number of nitrogens with zero attached hydrogens (tertiary/aromatic N) is 3. The van der Waals surface area contributed by atoms with Crippen LogP contribution in [0.3, 0.4) is 0 Å². The standard InChI is InChI=1S/C17H17N5O8S2.Na/c1-29-21-12(10-8-31-17(18)19-10)14(23)20-13-11(22(15(13)24)32(26,27)28)7-30-16(25)9-5-3-2-4-6-9;/h2-6,8,11,13H,7H2,1H3,(H2,18,19)(H,20,23)(H,26,27,28);/q;+1/p-1/t11-,13+;/m1./s1. The predicted molar refractivity (Wildman–Crippen MR) is 109 cm³/mol. The van der Waals surface area contributed by atoms with Crippen molar-refractivity contribution < 1.29 is 66.5 Å². The third-order valence-electron chi connectivity index (χ3n) is 4.25. The Kier molecular flexibility index (Phi) is 8.93. The van der Waals surface area contributed by atoms with Crippen LogP contribution in [0.5, 0.6) is 0 Å². The molecule has 3 N–H and O–H groups in total. The normalized spacial score (nSPS) is 18.1. The average Bonchev–Trinajstić information content (AvgIpc) is 3.17. The third kappa shape index (κ3) is 6.07. The number of esters is 1. The summed E-state index contributed by atoms with van der Waals surface area (Å²) in [5.41, 5.74) is 5.44. The molecule has 2 heterocycles. The molecule has 2 amide bonds. The van der Waals surface area contributed by atoms with Gasteiger partial charge in [0.15, 0.2) is 21.1 Å². The fourth-order valence-electron chi connectivity index (χ4n) is 2.84. The minimum Gasteiger partial charge on any atom is -0.731 e. The van der Waals surface area contributed by atoms with E-state index in [1.54, 1.807) is 18.2 Å². The second-order valence-corrected chi connectivity index (χ2v) is 8.41. The quantitative estimate of drug-likeness (QED) is 0.0894. The number of aromatic nitrogens is 1. The number of rotatable bonds is 8. The monoisotopic (exact) mass is 505 g/mol. The van der Waals surface area contributed by atoms with E-state index in [9.17, 15) is 27.4 Å². The summed E-state index contributed by atoms with van der Waals surface area (Å²) in [6, 6.07) is 4.84. The van der Waals surface area contributed by atoms with Gasteiger partial charge in [0, 0.05) is 5.38 Å². The molecule has 3 rings (SSSR count). The first-order valence-electron chi connectivity index (χ1n) is 8.78. The minimum absolute atomic E-state index is 0. The number of hydrogen-bond acceptors (Lipinski definition) is 12. The van der Waals surface area contributed by atoms with Gasteiger partial charge in [0.1, 0.15) is 31.5 Å². The van der Waals surface area contributed by atoms with Crippen LogP contribution in [0.15, 0.2) is 40.9 Å². The number of amides is 2. The smallest absolute Gasteiger partial charge is 0.731 e. The fraction of sp³-hybridized carbons (Fsp3) is 0.235. The summed E-state index contributed by atoms with van der Waals surface area (Å²) in [6.07, 6.45) is 0. The van der Waals surface area contributed by atoms with Crippen LogP contribution in [0.25, 0.3) is 0 Å². The van der Waals surface area contributed by atoms with Gasteiger partial charge in [0.2, 0.25) is 0 Å². The molecule has 1 aliphatic rings. The van der Waals surface area contributed by atoms with Crippen molar-refractivity contribution in [3.05, 3.63) is 47.0 Å². The summed E-state index contributed by atoms with van der Waals surface area (Å²) >= 11 is 1.03. The van der Waals surface area contributed by atoms with Gasteiger partial charge in [-0.3, -0.25) is 9.59 Å². The molecule has 0 spiro atoms. The molecule has 0 aliphatic carbocycles. The first-order valence-corrected chi connectivity index (χ1v) is 11.0. The van der Waals surface area contributed by atoms with E-state index in [0.29, 0.717) is 0 Å². The Labute approximate surface area is 214 Å². The van der Waals surface area contributed by atoms with E-state index in [-0.39, 0.29) is 56.0 Å². The number of ether oxygens (including phenoxy) is 1. The van der Waals surface area contributed by atoms with E-state index in [1.807, 2.05) is 0 Å². The number of nitrogens with one attached hydrogen (secondary N) is 1. The topological polar surface area (TPSA) is 193 Å². The van der Waals surface area contributed by atoms with Crippen molar-refractivity contribution in [2.24, 2.45) is 5.16 Å². The van der Waals surface area contributed by atoms with Crippen molar-refractivity contribution in [1.82, 2.24) is 14.6 Å². The molecule has 0 saturated carbocycles. The SMILES string of the molecule is CON=C(C(=O)N[C@@H]1C(=O)N(S(=O)(=O)[O-])[C@@H]1COC(=O)c1ccccc1)c1csc(N)n1.[Na+]. The Morgan fingerprint density at radius 3 is 2.55 bits per heavy atom. The zero-order valence-electron chi connectivity index (χ0n) is 17.3. The van der Waals surface area contributed by atoms with Gasteiger partial charge in [-0.25, -0.2) is 22.5 Å². The molecule has 0 radical (unpaired) electrons. The van der Waals surface area contributed by atoms with E-state index in [1.165, 1.54) is 24.6 Å². The van der Waals surface area contributed by atoms with Crippen molar-refractivity contribution in [3.63, 3.8) is 0 Å². The number of oxime groups is 1. The maximum absolute atomic E-state index is 12.6. The number of benzene rings is 1. The predicted octanol–water partition coefficient (Wildman–Crippen LogP) is -3.91. The number of β-lactam (4-membered cyclic amide) rings is 1. The van der Waals surface area contributed by atoms with Crippen LogP contribution >= 0.6 is 11.3 Å². The zero-order valence-corrected chi connectivity index (χ0v) is 21.0. The third-order valence-corrected chi connectivity index (χ3v) is 5.86. The average molecular weight is 505 g/mol. The van der Waals surface area contributed by atoms with Gasteiger partial charge < -0.3 is 25.2 Å². The molecule has 0 unspecified atom stereocenters. The van der Waals surface area contributed by atoms with E-state index < -0.39 is 46.8 Å². The molecule has 1 aromatic carbocycles. The van der Waals surface area contributed by atoms with E-state index in [2.05, 4.69) is 20.3 Å². The van der Waals surface area contributed by atoms with Crippen molar-refractivity contribution in [2.75, 3.05) is 19.5 Å². The molecular formula is C17H16N5NaO8S2. The number of thiazole rings is 1. The van der Waals surface area contributed by atoms with Gasteiger partial charge in [-0.05, 0) is 12.1 Å². The minimum atomic E-state index is -5.22. The van der Waals surface area contributed by atoms with Crippen LogP contribution < -0.4 is 40.6 Å². The van der Waals surface area contributed by atoms with Crippen LogP contribution in [0.1, 0.15) is 16.1 Å². The molecule has 1 aliphatic heterocycles. The number of carbonyl (C=O) groups excluding carboxylic acids is 3. The summed E-state index contributed by atoms with van der Waals surface area (Å²) in [5, 5.41) is 7.38.